The lowest BCUT2D eigenvalue weighted by Crippen LogP contribution is -2.39. The fourth-order valence-electron chi connectivity index (χ4n) is 3.50. The van der Waals surface area contributed by atoms with Gasteiger partial charge in [0.05, 0.1) is 13.2 Å². The number of likely N-dealkylation sites (tertiary alicyclic amines) is 1. The topological polar surface area (TPSA) is 58.6 Å². The Morgan fingerprint density at radius 3 is 2.75 bits per heavy atom. The first-order valence-electron chi connectivity index (χ1n) is 9.54. The third-order valence-corrected chi connectivity index (χ3v) is 5.68. The molecule has 1 unspecified atom stereocenters. The van der Waals surface area contributed by atoms with Gasteiger partial charge >= 0.3 is 5.97 Å². The van der Waals surface area contributed by atoms with Gasteiger partial charge in [0.2, 0.25) is 5.91 Å². The molecule has 2 aromatic rings. The van der Waals surface area contributed by atoms with Crippen molar-refractivity contribution in [2.24, 2.45) is 5.92 Å². The molecular formula is C21H25FN2O3S. The molecule has 2 heterocycles. The highest BCUT2D eigenvalue weighted by atomic mass is 32.1. The highest BCUT2D eigenvalue weighted by Gasteiger charge is 2.24. The van der Waals surface area contributed by atoms with Crippen LogP contribution >= 0.6 is 11.3 Å². The standard InChI is InChI=1S/C21H25FN2O3S/c1-3-27-21(26)19-17(15-6-8-16(22)9-7-15)13-28-20(19)23-18(25)12-24-10-4-5-14(2)11-24/h6-9,13-14H,3-5,10-12H2,1-2H3,(H,23,25). The Hall–Kier alpha value is -2.25. The van der Waals surface area contributed by atoms with Crippen LogP contribution in [0.25, 0.3) is 11.1 Å². The van der Waals surface area contributed by atoms with E-state index in [0.717, 1.165) is 19.5 Å². The van der Waals surface area contributed by atoms with Gasteiger partial charge in [-0.2, -0.15) is 0 Å². The van der Waals surface area contributed by atoms with Gasteiger partial charge in [-0.3, -0.25) is 9.69 Å². The minimum Gasteiger partial charge on any atom is -0.462 e. The zero-order valence-corrected chi connectivity index (χ0v) is 17.0. The summed E-state index contributed by atoms with van der Waals surface area (Å²) in [6.07, 6.45) is 2.29. The van der Waals surface area contributed by atoms with E-state index < -0.39 is 5.97 Å². The summed E-state index contributed by atoms with van der Waals surface area (Å²) in [5, 5.41) is 5.13. The van der Waals surface area contributed by atoms with E-state index in [1.807, 2.05) is 0 Å². The summed E-state index contributed by atoms with van der Waals surface area (Å²) < 4.78 is 18.4. The quantitative estimate of drug-likeness (QED) is 0.725. The molecule has 1 saturated heterocycles. The molecule has 0 saturated carbocycles. The molecule has 0 bridgehead atoms. The van der Waals surface area contributed by atoms with Crippen molar-refractivity contribution in [1.29, 1.82) is 0 Å². The maximum absolute atomic E-state index is 13.3. The number of hydrogen-bond acceptors (Lipinski definition) is 5. The molecule has 1 aromatic carbocycles. The van der Waals surface area contributed by atoms with Crippen molar-refractivity contribution < 1.29 is 18.7 Å². The second-order valence-corrected chi connectivity index (χ2v) is 7.99. The van der Waals surface area contributed by atoms with E-state index in [1.54, 1.807) is 24.4 Å². The Bertz CT molecular complexity index is 835. The highest BCUT2D eigenvalue weighted by Crippen LogP contribution is 2.36. The number of nitrogens with zero attached hydrogens (tertiary/aromatic N) is 1. The van der Waals surface area contributed by atoms with Crippen LogP contribution in [0.3, 0.4) is 0 Å². The van der Waals surface area contributed by atoms with Crippen LogP contribution in [0.5, 0.6) is 0 Å². The zero-order chi connectivity index (χ0) is 20.1. The molecule has 1 aliphatic heterocycles. The van der Waals surface area contributed by atoms with E-state index in [4.69, 9.17) is 4.74 Å². The highest BCUT2D eigenvalue weighted by molar-refractivity contribution is 7.15. The van der Waals surface area contributed by atoms with Gasteiger partial charge in [0, 0.05) is 17.5 Å². The van der Waals surface area contributed by atoms with Crippen molar-refractivity contribution in [3.63, 3.8) is 0 Å². The van der Waals surface area contributed by atoms with Crippen molar-refractivity contribution in [2.45, 2.75) is 26.7 Å². The first kappa shape index (κ1) is 20.5. The van der Waals surface area contributed by atoms with Crippen molar-refractivity contribution in [1.82, 2.24) is 4.90 Å². The van der Waals surface area contributed by atoms with Crippen molar-refractivity contribution in [3.05, 3.63) is 41.0 Å². The van der Waals surface area contributed by atoms with E-state index in [1.165, 1.54) is 29.9 Å². The number of ether oxygens (including phenoxy) is 1. The van der Waals surface area contributed by atoms with Gasteiger partial charge in [0.1, 0.15) is 16.4 Å². The summed E-state index contributed by atoms with van der Waals surface area (Å²) in [4.78, 5) is 27.3. The van der Waals surface area contributed by atoms with Crippen molar-refractivity contribution in [3.8, 4) is 11.1 Å². The first-order valence-corrected chi connectivity index (χ1v) is 10.4. The summed E-state index contributed by atoms with van der Waals surface area (Å²) in [5.74, 6) is -0.401. The lowest BCUT2D eigenvalue weighted by atomic mass is 10.0. The monoisotopic (exact) mass is 404 g/mol. The molecular weight excluding hydrogens is 379 g/mol. The van der Waals surface area contributed by atoms with Crippen molar-refractivity contribution in [2.75, 3.05) is 31.6 Å². The first-order chi connectivity index (χ1) is 13.5. The molecule has 1 fully saturated rings. The second-order valence-electron chi connectivity index (χ2n) is 7.11. The van der Waals surface area contributed by atoms with Gasteiger partial charge in [0.25, 0.3) is 0 Å². The predicted octanol–water partition coefficient (Wildman–Crippen LogP) is 4.40. The summed E-state index contributed by atoms with van der Waals surface area (Å²) in [5.41, 5.74) is 1.65. The predicted molar refractivity (Wildman–Crippen MR) is 109 cm³/mol. The minimum absolute atomic E-state index is 0.146. The van der Waals surface area contributed by atoms with E-state index in [9.17, 15) is 14.0 Å². The van der Waals surface area contributed by atoms with Crippen LogP contribution in [0.4, 0.5) is 9.39 Å². The Morgan fingerprint density at radius 2 is 2.07 bits per heavy atom. The summed E-state index contributed by atoms with van der Waals surface area (Å²) in [7, 11) is 0. The van der Waals surface area contributed by atoms with E-state index in [-0.39, 0.29) is 18.3 Å². The fourth-order valence-corrected chi connectivity index (χ4v) is 4.47. The number of piperidine rings is 1. The molecule has 7 heteroatoms. The smallest absolute Gasteiger partial charge is 0.341 e. The van der Waals surface area contributed by atoms with Gasteiger partial charge < -0.3 is 10.1 Å². The third-order valence-electron chi connectivity index (χ3n) is 4.79. The second kappa shape index (κ2) is 9.30. The van der Waals surface area contributed by atoms with Crippen LogP contribution in [0.1, 0.15) is 37.0 Å². The average molecular weight is 405 g/mol. The summed E-state index contributed by atoms with van der Waals surface area (Å²) >= 11 is 1.28. The maximum atomic E-state index is 13.3. The number of halogens is 1. The lowest BCUT2D eigenvalue weighted by Gasteiger charge is -2.30. The fraction of sp³-hybridized carbons (Fsp3) is 0.429. The molecule has 1 N–H and O–H groups in total. The molecule has 150 valence electrons. The molecule has 1 amide bonds. The number of rotatable bonds is 6. The van der Waals surface area contributed by atoms with Crippen LogP contribution in [0.2, 0.25) is 0 Å². The number of thiophene rings is 1. The molecule has 1 aliphatic rings. The molecule has 1 atom stereocenters. The van der Waals surface area contributed by atoms with Gasteiger partial charge in [-0.15, -0.1) is 11.3 Å². The molecule has 3 rings (SSSR count). The molecule has 0 aliphatic carbocycles. The number of nitrogens with one attached hydrogen (secondary N) is 1. The maximum Gasteiger partial charge on any atom is 0.341 e. The largest absolute Gasteiger partial charge is 0.462 e. The number of carbonyl (C=O) groups is 2. The normalized spacial score (nSPS) is 17.3. The molecule has 28 heavy (non-hydrogen) atoms. The molecule has 0 radical (unpaired) electrons. The van der Waals surface area contributed by atoms with Gasteiger partial charge in [-0.25, -0.2) is 9.18 Å². The number of hydrogen-bond donors (Lipinski definition) is 1. The number of anilines is 1. The van der Waals surface area contributed by atoms with E-state index >= 15 is 0 Å². The number of carbonyl (C=O) groups excluding carboxylic acids is 2. The lowest BCUT2D eigenvalue weighted by molar-refractivity contribution is -0.117. The Morgan fingerprint density at radius 1 is 1.32 bits per heavy atom. The van der Waals surface area contributed by atoms with Crippen LogP contribution < -0.4 is 5.32 Å². The number of amides is 1. The van der Waals surface area contributed by atoms with E-state index in [0.29, 0.717) is 34.2 Å². The number of esters is 1. The minimum atomic E-state index is -0.495. The van der Waals surface area contributed by atoms with Crippen LogP contribution in [0, 0.1) is 11.7 Å². The molecule has 1 aromatic heterocycles. The molecule has 5 nitrogen and oxygen atoms in total. The SMILES string of the molecule is CCOC(=O)c1c(-c2ccc(F)cc2)csc1NC(=O)CN1CCCC(C)C1. The van der Waals surface area contributed by atoms with Crippen molar-refractivity contribution >= 4 is 28.2 Å². The van der Waals surface area contributed by atoms with E-state index in [2.05, 4.69) is 17.1 Å². The van der Waals surface area contributed by atoms with Gasteiger partial charge in [-0.05, 0) is 49.9 Å². The summed E-state index contributed by atoms with van der Waals surface area (Å²) in [6.45, 7) is 6.28. The Labute approximate surface area is 168 Å². The van der Waals surface area contributed by atoms with Crippen LogP contribution in [-0.4, -0.2) is 43.0 Å². The Kier molecular flexibility index (Phi) is 6.80. The molecule has 0 spiro atoms. The van der Waals surface area contributed by atoms with Crippen LogP contribution in [-0.2, 0) is 9.53 Å². The number of benzene rings is 1. The van der Waals surface area contributed by atoms with Crippen LogP contribution in [0.15, 0.2) is 29.6 Å². The summed E-state index contributed by atoms with van der Waals surface area (Å²) in [6, 6.07) is 5.91. The average Bonchev–Trinajstić information content (AvgIpc) is 3.06. The Balaban J connectivity index is 1.80. The third kappa shape index (κ3) is 4.97. The van der Waals surface area contributed by atoms with Gasteiger partial charge in [-0.1, -0.05) is 19.1 Å². The van der Waals surface area contributed by atoms with Gasteiger partial charge in [0.15, 0.2) is 0 Å². The zero-order valence-electron chi connectivity index (χ0n) is 16.2.